The summed E-state index contributed by atoms with van der Waals surface area (Å²) in [5.74, 6) is -0.504. The van der Waals surface area contributed by atoms with Crippen LogP contribution in [0.2, 0.25) is 0 Å². The molecule has 94 valence electrons. The van der Waals surface area contributed by atoms with E-state index in [0.29, 0.717) is 12.3 Å². The zero-order valence-corrected chi connectivity index (χ0v) is 11.9. The highest BCUT2D eigenvalue weighted by atomic mass is 79.9. The lowest BCUT2D eigenvalue weighted by Crippen LogP contribution is -2.30. The molecule has 2 nitrogen and oxygen atoms in total. The molecule has 3 heteroatoms. The van der Waals surface area contributed by atoms with Crippen LogP contribution in [0.15, 0.2) is 30.3 Å². The van der Waals surface area contributed by atoms with Crippen LogP contribution in [0, 0.1) is 17.8 Å². The van der Waals surface area contributed by atoms with Gasteiger partial charge in [0.05, 0.1) is 5.92 Å². The molecule has 17 heavy (non-hydrogen) atoms. The largest absolute Gasteiger partial charge is 0.481 e. The summed E-state index contributed by atoms with van der Waals surface area (Å²) in [5, 5.41) is 10.1. The van der Waals surface area contributed by atoms with Gasteiger partial charge < -0.3 is 5.11 Å². The molecule has 0 aliphatic heterocycles. The Morgan fingerprint density at radius 3 is 2.29 bits per heavy atom. The molecule has 1 aromatic rings. The van der Waals surface area contributed by atoms with Gasteiger partial charge in [-0.1, -0.05) is 60.1 Å². The number of benzene rings is 1. The molecule has 1 aromatic carbocycles. The van der Waals surface area contributed by atoms with Crippen LogP contribution in [-0.4, -0.2) is 16.4 Å². The summed E-state index contributed by atoms with van der Waals surface area (Å²) in [4.78, 5) is 11.4. The van der Waals surface area contributed by atoms with Crippen LogP contribution in [0.4, 0.5) is 0 Å². The van der Waals surface area contributed by atoms with Crippen molar-refractivity contribution in [2.24, 2.45) is 17.8 Å². The number of alkyl halides is 1. The minimum absolute atomic E-state index is 0.160. The van der Waals surface area contributed by atoms with Gasteiger partial charge in [-0.05, 0) is 23.8 Å². The fraction of sp³-hybridized carbons (Fsp3) is 0.500. The maximum absolute atomic E-state index is 11.4. The minimum Gasteiger partial charge on any atom is -0.481 e. The van der Waals surface area contributed by atoms with Gasteiger partial charge in [-0.3, -0.25) is 4.79 Å². The first kappa shape index (κ1) is 14.2. The van der Waals surface area contributed by atoms with Crippen LogP contribution in [0.5, 0.6) is 0 Å². The predicted octanol–water partition coefficient (Wildman–Crippen LogP) is 3.60. The van der Waals surface area contributed by atoms with Gasteiger partial charge >= 0.3 is 5.97 Å². The van der Waals surface area contributed by atoms with Crippen molar-refractivity contribution in [3.05, 3.63) is 35.9 Å². The van der Waals surface area contributed by atoms with Crippen molar-refractivity contribution in [3.8, 4) is 0 Å². The molecular weight excluding hydrogens is 280 g/mol. The smallest absolute Gasteiger partial charge is 0.307 e. The van der Waals surface area contributed by atoms with Crippen LogP contribution in [0.1, 0.15) is 19.4 Å². The van der Waals surface area contributed by atoms with E-state index in [9.17, 15) is 9.90 Å². The summed E-state index contributed by atoms with van der Waals surface area (Å²) in [6.07, 6.45) is 0.602. The summed E-state index contributed by atoms with van der Waals surface area (Å²) in [5.41, 5.74) is 1.09. The lowest BCUT2D eigenvalue weighted by Gasteiger charge is -2.25. The molecule has 0 saturated heterocycles. The minimum atomic E-state index is -0.702. The SMILES string of the molecule is CC(C)[C@@H](CBr)[C@@H](Cc1ccccc1)C(=O)O. The fourth-order valence-corrected chi connectivity index (χ4v) is 3.24. The van der Waals surface area contributed by atoms with E-state index in [0.717, 1.165) is 10.9 Å². The summed E-state index contributed by atoms with van der Waals surface area (Å²) < 4.78 is 0. The van der Waals surface area contributed by atoms with Gasteiger partial charge in [-0.25, -0.2) is 0 Å². The van der Waals surface area contributed by atoms with Crippen molar-refractivity contribution in [3.63, 3.8) is 0 Å². The Hall–Kier alpha value is -0.830. The van der Waals surface area contributed by atoms with E-state index in [4.69, 9.17) is 0 Å². The summed E-state index contributed by atoms with van der Waals surface area (Å²) in [7, 11) is 0. The van der Waals surface area contributed by atoms with E-state index < -0.39 is 5.97 Å². The molecule has 0 aromatic heterocycles. The second-order valence-electron chi connectivity index (χ2n) is 4.70. The van der Waals surface area contributed by atoms with Crippen LogP contribution in [0.25, 0.3) is 0 Å². The Morgan fingerprint density at radius 2 is 1.88 bits per heavy atom. The van der Waals surface area contributed by atoms with Crippen molar-refractivity contribution < 1.29 is 9.90 Å². The average Bonchev–Trinajstić information content (AvgIpc) is 2.29. The third-order valence-electron chi connectivity index (χ3n) is 3.17. The molecule has 0 saturated carbocycles. The molecule has 0 heterocycles. The van der Waals surface area contributed by atoms with Crippen molar-refractivity contribution >= 4 is 21.9 Å². The number of hydrogen-bond acceptors (Lipinski definition) is 1. The Balaban J connectivity index is 2.83. The number of carbonyl (C=O) groups is 1. The topological polar surface area (TPSA) is 37.3 Å². The second-order valence-corrected chi connectivity index (χ2v) is 5.34. The van der Waals surface area contributed by atoms with Crippen molar-refractivity contribution in [1.82, 2.24) is 0 Å². The number of carboxylic acids is 1. The first-order chi connectivity index (χ1) is 8.06. The van der Waals surface area contributed by atoms with E-state index in [2.05, 4.69) is 29.8 Å². The maximum Gasteiger partial charge on any atom is 0.307 e. The molecule has 0 bridgehead atoms. The van der Waals surface area contributed by atoms with E-state index in [1.807, 2.05) is 30.3 Å². The van der Waals surface area contributed by atoms with E-state index in [1.54, 1.807) is 0 Å². The molecule has 2 atom stereocenters. The third kappa shape index (κ3) is 4.15. The van der Waals surface area contributed by atoms with Crippen LogP contribution in [-0.2, 0) is 11.2 Å². The lowest BCUT2D eigenvalue weighted by atomic mass is 9.81. The first-order valence-electron chi connectivity index (χ1n) is 5.89. The molecular formula is C14H19BrO2. The molecule has 0 aliphatic rings. The van der Waals surface area contributed by atoms with Gasteiger partial charge in [0.2, 0.25) is 0 Å². The Morgan fingerprint density at radius 1 is 1.29 bits per heavy atom. The van der Waals surface area contributed by atoms with E-state index in [1.165, 1.54) is 0 Å². The molecule has 0 unspecified atom stereocenters. The molecule has 0 aliphatic carbocycles. The average molecular weight is 299 g/mol. The zero-order chi connectivity index (χ0) is 12.8. The van der Waals surface area contributed by atoms with Gasteiger partial charge in [0.1, 0.15) is 0 Å². The standard InChI is InChI=1S/C14H19BrO2/c1-10(2)13(9-15)12(14(16)17)8-11-6-4-3-5-7-11/h3-7,10,12-13H,8-9H2,1-2H3,(H,16,17)/t12-,13-/m1/s1. The fourth-order valence-electron chi connectivity index (χ4n) is 2.04. The monoisotopic (exact) mass is 298 g/mol. The highest BCUT2D eigenvalue weighted by Gasteiger charge is 2.29. The number of halogens is 1. The third-order valence-corrected chi connectivity index (χ3v) is 3.91. The number of aliphatic carboxylic acids is 1. The zero-order valence-electron chi connectivity index (χ0n) is 10.3. The van der Waals surface area contributed by atoms with Gasteiger partial charge in [0, 0.05) is 5.33 Å². The quantitative estimate of drug-likeness (QED) is 0.815. The summed E-state index contributed by atoms with van der Waals surface area (Å²) >= 11 is 3.44. The highest BCUT2D eigenvalue weighted by molar-refractivity contribution is 9.09. The molecule has 0 amide bonds. The number of hydrogen-bond donors (Lipinski definition) is 1. The van der Waals surface area contributed by atoms with Crippen LogP contribution >= 0.6 is 15.9 Å². The van der Waals surface area contributed by atoms with Gasteiger partial charge in [0.25, 0.3) is 0 Å². The summed E-state index contributed by atoms with van der Waals surface area (Å²) in [6, 6.07) is 9.83. The van der Waals surface area contributed by atoms with Crippen molar-refractivity contribution in [2.75, 3.05) is 5.33 Å². The molecule has 1 N–H and O–H groups in total. The molecule has 0 fully saturated rings. The van der Waals surface area contributed by atoms with E-state index >= 15 is 0 Å². The highest BCUT2D eigenvalue weighted by Crippen LogP contribution is 2.26. The predicted molar refractivity (Wildman–Crippen MR) is 73.4 cm³/mol. The first-order valence-corrected chi connectivity index (χ1v) is 7.01. The number of rotatable bonds is 6. The molecule has 1 rings (SSSR count). The number of carboxylic acid groups (broad SMARTS) is 1. The van der Waals surface area contributed by atoms with Gasteiger partial charge in [-0.2, -0.15) is 0 Å². The van der Waals surface area contributed by atoms with Gasteiger partial charge in [-0.15, -0.1) is 0 Å². The van der Waals surface area contributed by atoms with Crippen LogP contribution in [0.3, 0.4) is 0 Å². The van der Waals surface area contributed by atoms with Crippen LogP contribution < -0.4 is 0 Å². The maximum atomic E-state index is 11.4. The van der Waals surface area contributed by atoms with Gasteiger partial charge in [0.15, 0.2) is 0 Å². The van der Waals surface area contributed by atoms with E-state index in [-0.39, 0.29) is 11.8 Å². The summed E-state index contributed by atoms with van der Waals surface area (Å²) in [6.45, 7) is 4.15. The van der Waals surface area contributed by atoms with Crippen molar-refractivity contribution in [1.29, 1.82) is 0 Å². The Kier molecular flexibility index (Phi) is 5.69. The normalized spacial score (nSPS) is 14.6. The lowest BCUT2D eigenvalue weighted by molar-refractivity contribution is -0.144. The Bertz CT molecular complexity index is 348. The molecule has 0 spiro atoms. The molecule has 0 radical (unpaired) electrons. The van der Waals surface area contributed by atoms with Crippen molar-refractivity contribution in [2.45, 2.75) is 20.3 Å². The Labute approximate surface area is 111 Å². The second kappa shape index (κ2) is 6.80.